The van der Waals surface area contributed by atoms with E-state index in [1.165, 1.54) is 18.4 Å². The van der Waals surface area contributed by atoms with E-state index in [9.17, 15) is 13.2 Å². The summed E-state index contributed by atoms with van der Waals surface area (Å²) in [6.45, 7) is 3.31. The maximum atomic E-state index is 12.1. The lowest BCUT2D eigenvalue weighted by atomic mass is 10.3. The lowest BCUT2D eigenvalue weighted by Crippen LogP contribution is -2.48. The molecule has 1 atom stereocenters. The Balaban J connectivity index is 1.85. The van der Waals surface area contributed by atoms with Crippen LogP contribution < -0.4 is 10.0 Å². The molecule has 2 N–H and O–H groups in total. The van der Waals surface area contributed by atoms with Crippen LogP contribution in [0.4, 0.5) is 4.79 Å². The summed E-state index contributed by atoms with van der Waals surface area (Å²) in [5, 5.41) is 5.41. The van der Waals surface area contributed by atoms with Crippen LogP contribution >= 0.6 is 11.3 Å². The number of amides is 2. The molecular formula is C12H20N4O4S2. The number of ether oxygens (including phenoxy) is 1. The van der Waals surface area contributed by atoms with Gasteiger partial charge in [-0.1, -0.05) is 0 Å². The van der Waals surface area contributed by atoms with Gasteiger partial charge in [-0.3, -0.25) is 0 Å². The summed E-state index contributed by atoms with van der Waals surface area (Å²) >= 11 is 1.51. The molecule has 2 heterocycles. The Kier molecular flexibility index (Phi) is 5.73. The van der Waals surface area contributed by atoms with Crippen molar-refractivity contribution in [3.63, 3.8) is 0 Å². The summed E-state index contributed by atoms with van der Waals surface area (Å²) in [6.07, 6.45) is -0.223. The number of morpholine rings is 1. The van der Waals surface area contributed by atoms with Crippen LogP contribution in [-0.2, 0) is 14.8 Å². The van der Waals surface area contributed by atoms with Crippen molar-refractivity contribution < 1.29 is 17.9 Å². The van der Waals surface area contributed by atoms with E-state index in [0.717, 1.165) is 10.7 Å². The van der Waals surface area contributed by atoms with E-state index in [2.05, 4.69) is 15.0 Å². The molecule has 8 nitrogen and oxygen atoms in total. The fourth-order valence-electron chi connectivity index (χ4n) is 2.01. The number of carbonyl (C=O) groups is 1. The lowest BCUT2D eigenvalue weighted by Gasteiger charge is -2.32. The van der Waals surface area contributed by atoms with Crippen molar-refractivity contribution in [3.05, 3.63) is 16.1 Å². The summed E-state index contributed by atoms with van der Waals surface area (Å²) in [7, 11) is -1.97. The zero-order valence-electron chi connectivity index (χ0n) is 12.5. The van der Waals surface area contributed by atoms with E-state index in [1.807, 2.05) is 12.3 Å². The number of carbonyl (C=O) groups excluding carboxylic acids is 1. The molecule has 0 unspecified atom stereocenters. The highest BCUT2D eigenvalue weighted by Crippen LogP contribution is 2.25. The Hall–Kier alpha value is -1.23. The first-order chi connectivity index (χ1) is 10.4. The zero-order chi connectivity index (χ0) is 16.2. The topological polar surface area (TPSA) is 101 Å². The molecule has 1 aliphatic rings. The number of sulfonamides is 1. The third-order valence-corrected chi connectivity index (χ3v) is 5.64. The average molecular weight is 348 g/mol. The Labute approximate surface area is 133 Å². The van der Waals surface area contributed by atoms with Gasteiger partial charge in [-0.05, 0) is 14.0 Å². The molecule has 0 saturated carbocycles. The largest absolute Gasteiger partial charge is 0.367 e. The highest BCUT2D eigenvalue weighted by molar-refractivity contribution is 7.89. The zero-order valence-corrected chi connectivity index (χ0v) is 14.2. The minimum atomic E-state index is -3.31. The number of aryl methyl sites for hydroxylation is 1. The molecule has 22 heavy (non-hydrogen) atoms. The summed E-state index contributed by atoms with van der Waals surface area (Å²) in [5.74, 6) is -0.144. The van der Waals surface area contributed by atoms with Crippen LogP contribution in [0, 0.1) is 6.92 Å². The van der Waals surface area contributed by atoms with Crippen LogP contribution in [0.5, 0.6) is 0 Å². The number of thiazole rings is 1. The number of nitrogens with zero attached hydrogens (tertiary/aromatic N) is 2. The SMILES string of the molecule is CNS(=O)(=O)CCNC(=O)N1CCO[C@@H](c2nc(C)cs2)C1. The number of nitrogens with one attached hydrogen (secondary N) is 2. The molecule has 1 aromatic rings. The van der Waals surface area contributed by atoms with Gasteiger partial charge in [0.2, 0.25) is 10.0 Å². The Morgan fingerprint density at radius 1 is 1.59 bits per heavy atom. The molecule has 124 valence electrons. The standard InChI is InChI=1S/C12H20N4O4S2/c1-9-8-21-11(15-9)10-7-16(4-5-20-10)12(17)14-3-6-22(18,19)13-2/h8,10,13H,3-7H2,1-2H3,(H,14,17)/t10-/m1/s1. The Morgan fingerprint density at radius 3 is 3.00 bits per heavy atom. The molecule has 1 aliphatic heterocycles. The minimum Gasteiger partial charge on any atom is -0.367 e. The lowest BCUT2D eigenvalue weighted by molar-refractivity contribution is -0.0154. The van der Waals surface area contributed by atoms with Gasteiger partial charge in [-0.25, -0.2) is 22.9 Å². The normalized spacial score (nSPS) is 19.2. The van der Waals surface area contributed by atoms with Crippen molar-refractivity contribution >= 4 is 27.4 Å². The fourth-order valence-corrected chi connectivity index (χ4v) is 3.42. The number of aromatic nitrogens is 1. The van der Waals surface area contributed by atoms with Gasteiger partial charge in [0.15, 0.2) is 0 Å². The third kappa shape index (κ3) is 4.63. The van der Waals surface area contributed by atoms with Gasteiger partial charge in [0.1, 0.15) is 11.1 Å². The maximum absolute atomic E-state index is 12.1. The first-order valence-corrected chi connectivity index (χ1v) is 9.42. The highest BCUT2D eigenvalue weighted by atomic mass is 32.2. The van der Waals surface area contributed by atoms with Gasteiger partial charge in [0, 0.05) is 24.2 Å². The number of hydrogen-bond donors (Lipinski definition) is 2. The van der Waals surface area contributed by atoms with Gasteiger partial charge in [-0.2, -0.15) is 0 Å². The van der Waals surface area contributed by atoms with Crippen LogP contribution in [0.1, 0.15) is 16.8 Å². The van der Waals surface area contributed by atoms with Crippen molar-refractivity contribution in [2.24, 2.45) is 0 Å². The number of urea groups is 1. The number of rotatable bonds is 5. The second-order valence-electron chi connectivity index (χ2n) is 4.89. The molecule has 0 aromatic carbocycles. The van der Waals surface area contributed by atoms with Crippen molar-refractivity contribution in [2.75, 3.05) is 39.0 Å². The van der Waals surface area contributed by atoms with Crippen molar-refractivity contribution in [3.8, 4) is 0 Å². The molecule has 1 aromatic heterocycles. The smallest absolute Gasteiger partial charge is 0.317 e. The predicted octanol–water partition coefficient (Wildman–Crippen LogP) is 0.0836. The number of hydrogen-bond acceptors (Lipinski definition) is 6. The summed E-state index contributed by atoms with van der Waals surface area (Å²) in [6, 6.07) is -0.284. The second-order valence-corrected chi connectivity index (χ2v) is 7.82. The Morgan fingerprint density at radius 2 is 2.36 bits per heavy atom. The van der Waals surface area contributed by atoms with E-state index >= 15 is 0 Å². The summed E-state index contributed by atoms with van der Waals surface area (Å²) in [5.41, 5.74) is 0.933. The van der Waals surface area contributed by atoms with E-state index in [0.29, 0.717) is 19.7 Å². The van der Waals surface area contributed by atoms with Crippen LogP contribution in [0.3, 0.4) is 0 Å². The molecule has 0 radical (unpaired) electrons. The van der Waals surface area contributed by atoms with Gasteiger partial charge in [0.05, 0.1) is 18.9 Å². The van der Waals surface area contributed by atoms with E-state index in [4.69, 9.17) is 4.74 Å². The molecule has 1 fully saturated rings. The van der Waals surface area contributed by atoms with E-state index < -0.39 is 10.0 Å². The van der Waals surface area contributed by atoms with Crippen molar-refractivity contribution in [2.45, 2.75) is 13.0 Å². The average Bonchev–Trinajstić information content (AvgIpc) is 2.94. The summed E-state index contributed by atoms with van der Waals surface area (Å²) < 4.78 is 30.4. The van der Waals surface area contributed by atoms with E-state index in [1.54, 1.807) is 4.90 Å². The summed E-state index contributed by atoms with van der Waals surface area (Å²) in [4.78, 5) is 18.1. The van der Waals surface area contributed by atoms with Crippen LogP contribution in [0.25, 0.3) is 0 Å². The maximum Gasteiger partial charge on any atom is 0.317 e. The van der Waals surface area contributed by atoms with Crippen LogP contribution in [-0.4, -0.2) is 63.4 Å². The Bertz CT molecular complexity index is 616. The first kappa shape index (κ1) is 17.1. The molecule has 0 bridgehead atoms. The van der Waals surface area contributed by atoms with Gasteiger partial charge >= 0.3 is 6.03 Å². The molecular weight excluding hydrogens is 328 g/mol. The van der Waals surface area contributed by atoms with Gasteiger partial charge in [0.25, 0.3) is 0 Å². The van der Waals surface area contributed by atoms with Crippen molar-refractivity contribution in [1.29, 1.82) is 0 Å². The molecule has 2 amide bonds. The fraction of sp³-hybridized carbons (Fsp3) is 0.667. The van der Waals surface area contributed by atoms with Gasteiger partial charge in [-0.15, -0.1) is 11.3 Å². The second kappa shape index (κ2) is 7.36. The first-order valence-electron chi connectivity index (χ1n) is 6.89. The third-order valence-electron chi connectivity index (χ3n) is 3.22. The minimum absolute atomic E-state index is 0.0698. The molecule has 2 rings (SSSR count). The molecule has 0 aliphatic carbocycles. The monoisotopic (exact) mass is 348 g/mol. The van der Waals surface area contributed by atoms with Crippen molar-refractivity contribution in [1.82, 2.24) is 19.9 Å². The van der Waals surface area contributed by atoms with Gasteiger partial charge < -0.3 is 15.0 Å². The van der Waals surface area contributed by atoms with E-state index in [-0.39, 0.29) is 24.4 Å². The predicted molar refractivity (Wildman–Crippen MR) is 83.4 cm³/mol. The molecule has 10 heteroatoms. The molecule has 1 saturated heterocycles. The van der Waals surface area contributed by atoms with Crippen LogP contribution in [0.15, 0.2) is 5.38 Å². The quantitative estimate of drug-likeness (QED) is 0.785. The molecule has 0 spiro atoms. The highest BCUT2D eigenvalue weighted by Gasteiger charge is 2.27. The van der Waals surface area contributed by atoms with Crippen LogP contribution in [0.2, 0.25) is 0 Å².